The van der Waals surface area contributed by atoms with E-state index in [-0.39, 0.29) is 0 Å². The van der Waals surface area contributed by atoms with E-state index in [4.69, 9.17) is 9.62 Å². The molecular weight excluding hydrogens is 254 g/mol. The van der Waals surface area contributed by atoms with Crippen LogP contribution < -0.4 is 10.2 Å². The quantitative estimate of drug-likeness (QED) is 0.665. The van der Waals surface area contributed by atoms with E-state index >= 15 is 0 Å². The Balaban J connectivity index is 2.02. The molecule has 104 valence electrons. The maximum Gasteiger partial charge on any atom is 0.173 e. The van der Waals surface area contributed by atoms with E-state index in [9.17, 15) is 0 Å². The molecule has 0 amide bonds. The lowest BCUT2D eigenvalue weighted by molar-refractivity contribution is 0.317. The molecule has 1 aromatic heterocycles. The maximum atomic E-state index is 8.93. The molecule has 0 bridgehead atoms. The number of amidine groups is 1. The summed E-state index contributed by atoms with van der Waals surface area (Å²) < 4.78 is 5.19. The Kier molecular flexibility index (Phi) is 3.10. The second-order valence-electron chi connectivity index (χ2n) is 5.09. The normalized spacial score (nSPS) is 15.4. The fourth-order valence-corrected chi connectivity index (χ4v) is 2.61. The molecule has 0 spiro atoms. The average molecular weight is 271 g/mol. The van der Waals surface area contributed by atoms with Crippen molar-refractivity contribution in [3.8, 4) is 0 Å². The zero-order valence-corrected chi connectivity index (χ0v) is 11.5. The summed E-state index contributed by atoms with van der Waals surface area (Å²) in [6.45, 7) is 4.96. The third-order valence-electron chi connectivity index (χ3n) is 3.47. The highest BCUT2D eigenvalue weighted by molar-refractivity contribution is 6.02. The predicted octanol–water partition coefficient (Wildman–Crippen LogP) is 3.07. The van der Waals surface area contributed by atoms with Gasteiger partial charge in [0.05, 0.1) is 12.0 Å². The van der Waals surface area contributed by atoms with Gasteiger partial charge in [-0.25, -0.2) is 0 Å². The van der Waals surface area contributed by atoms with Crippen molar-refractivity contribution < 1.29 is 9.62 Å². The van der Waals surface area contributed by atoms with Crippen LogP contribution in [0.4, 0.5) is 11.4 Å². The Bertz CT molecular complexity index is 633. The van der Waals surface area contributed by atoms with Crippen molar-refractivity contribution in [1.29, 1.82) is 0 Å². The largest absolute Gasteiger partial charge is 0.470 e. The van der Waals surface area contributed by atoms with Gasteiger partial charge in [-0.15, -0.1) is 0 Å². The molecule has 2 aromatic rings. The van der Waals surface area contributed by atoms with Crippen molar-refractivity contribution in [3.05, 3.63) is 47.9 Å². The van der Waals surface area contributed by atoms with Crippen molar-refractivity contribution in [3.63, 3.8) is 0 Å². The highest BCUT2D eigenvalue weighted by Gasteiger charge is 2.21. The van der Waals surface area contributed by atoms with Crippen LogP contribution in [0.2, 0.25) is 0 Å². The number of hydrogen-bond acceptors (Lipinski definition) is 4. The fraction of sp³-hybridized carbons (Fsp3) is 0.267. The van der Waals surface area contributed by atoms with Crippen LogP contribution in [0, 0.1) is 0 Å². The van der Waals surface area contributed by atoms with E-state index in [0.29, 0.717) is 18.4 Å². The predicted molar refractivity (Wildman–Crippen MR) is 77.6 cm³/mol. The number of nitrogens with one attached hydrogen (secondary N) is 1. The van der Waals surface area contributed by atoms with Crippen LogP contribution in [0.25, 0.3) is 0 Å². The third-order valence-corrected chi connectivity index (χ3v) is 3.47. The van der Waals surface area contributed by atoms with Gasteiger partial charge < -0.3 is 19.8 Å². The number of nitrogens with zero attached hydrogens (tertiary/aromatic N) is 2. The number of fused-ring (bicyclic) bond motifs is 1. The minimum atomic E-state index is 0.311. The number of hydrogen-bond donors (Lipinski definition) is 2. The summed E-state index contributed by atoms with van der Waals surface area (Å²) in [7, 11) is 0. The number of benzene rings is 1. The van der Waals surface area contributed by atoms with Crippen LogP contribution in [0.15, 0.2) is 46.4 Å². The van der Waals surface area contributed by atoms with Crippen LogP contribution in [0.3, 0.4) is 0 Å². The summed E-state index contributed by atoms with van der Waals surface area (Å²) in [6, 6.07) is 8.39. The van der Waals surface area contributed by atoms with Crippen molar-refractivity contribution >= 4 is 17.2 Å². The standard InChI is InChI=1S/C15H17N3O2/c1-10(2)18(13-5-6-20-9-13)12-3-4-14-11(7-12)8-16-15(14)17-19/h3-7,9-10,19H,8H2,1-2H3,(H,16,17). The molecule has 3 rings (SSSR count). The van der Waals surface area contributed by atoms with E-state index in [1.54, 1.807) is 12.5 Å². The molecule has 0 saturated heterocycles. The lowest BCUT2D eigenvalue weighted by Gasteiger charge is -2.27. The van der Waals surface area contributed by atoms with Gasteiger partial charge in [-0.2, -0.15) is 0 Å². The molecule has 0 radical (unpaired) electrons. The Morgan fingerprint density at radius 2 is 2.15 bits per heavy atom. The molecule has 0 aliphatic carbocycles. The molecule has 2 heterocycles. The summed E-state index contributed by atoms with van der Waals surface area (Å²) in [5, 5.41) is 15.3. The summed E-state index contributed by atoms with van der Waals surface area (Å²) in [6.07, 6.45) is 3.42. The lowest BCUT2D eigenvalue weighted by atomic mass is 10.1. The molecular formula is C15H17N3O2. The number of oxime groups is 1. The van der Waals surface area contributed by atoms with Crippen LogP contribution in [-0.4, -0.2) is 17.1 Å². The van der Waals surface area contributed by atoms with Crippen LogP contribution in [-0.2, 0) is 6.54 Å². The fourth-order valence-electron chi connectivity index (χ4n) is 2.61. The van der Waals surface area contributed by atoms with Crippen molar-refractivity contribution in [1.82, 2.24) is 5.32 Å². The topological polar surface area (TPSA) is 61.0 Å². The number of rotatable bonds is 3. The molecule has 5 nitrogen and oxygen atoms in total. The van der Waals surface area contributed by atoms with Gasteiger partial charge in [0.1, 0.15) is 6.26 Å². The maximum absolute atomic E-state index is 8.93. The third kappa shape index (κ3) is 2.01. The Labute approximate surface area is 117 Å². The molecule has 1 aliphatic rings. The van der Waals surface area contributed by atoms with E-state index in [0.717, 1.165) is 22.5 Å². The minimum absolute atomic E-state index is 0.311. The van der Waals surface area contributed by atoms with Gasteiger partial charge >= 0.3 is 0 Å². The van der Waals surface area contributed by atoms with Gasteiger partial charge in [-0.3, -0.25) is 0 Å². The van der Waals surface area contributed by atoms with Crippen molar-refractivity contribution in [2.45, 2.75) is 26.4 Å². The summed E-state index contributed by atoms with van der Waals surface area (Å²) in [5.41, 5.74) is 4.21. The first kappa shape index (κ1) is 12.6. The number of furan rings is 1. The first-order chi connectivity index (χ1) is 9.70. The number of anilines is 2. The SMILES string of the molecule is CC(C)N(c1ccoc1)c1ccc2c(c1)CN/C2=N\O. The van der Waals surface area contributed by atoms with Crippen LogP contribution >= 0.6 is 0 Å². The van der Waals surface area contributed by atoms with Gasteiger partial charge in [0.15, 0.2) is 5.84 Å². The minimum Gasteiger partial charge on any atom is -0.470 e. The van der Waals surface area contributed by atoms with Gasteiger partial charge in [-0.1, -0.05) is 5.16 Å². The second-order valence-corrected chi connectivity index (χ2v) is 5.09. The molecule has 2 N–H and O–H groups in total. The average Bonchev–Trinajstić information content (AvgIpc) is 3.07. The van der Waals surface area contributed by atoms with Crippen LogP contribution in [0.5, 0.6) is 0 Å². The molecule has 0 unspecified atom stereocenters. The van der Waals surface area contributed by atoms with Crippen LogP contribution in [0.1, 0.15) is 25.0 Å². The smallest absolute Gasteiger partial charge is 0.173 e. The zero-order chi connectivity index (χ0) is 14.1. The van der Waals surface area contributed by atoms with E-state index in [1.165, 1.54) is 0 Å². The molecule has 20 heavy (non-hydrogen) atoms. The first-order valence-corrected chi connectivity index (χ1v) is 6.61. The molecule has 1 aromatic carbocycles. The summed E-state index contributed by atoms with van der Waals surface area (Å²) in [4.78, 5) is 2.21. The van der Waals surface area contributed by atoms with E-state index in [2.05, 4.69) is 35.3 Å². The summed E-state index contributed by atoms with van der Waals surface area (Å²) in [5.74, 6) is 0.533. The highest BCUT2D eigenvalue weighted by Crippen LogP contribution is 2.31. The van der Waals surface area contributed by atoms with Crippen molar-refractivity contribution in [2.75, 3.05) is 4.90 Å². The van der Waals surface area contributed by atoms with Gasteiger partial charge in [0.25, 0.3) is 0 Å². The van der Waals surface area contributed by atoms with E-state index < -0.39 is 0 Å². The van der Waals surface area contributed by atoms with Gasteiger partial charge in [-0.05, 0) is 37.6 Å². The Morgan fingerprint density at radius 1 is 1.30 bits per heavy atom. The molecule has 0 atom stereocenters. The molecule has 0 saturated carbocycles. The van der Waals surface area contributed by atoms with Crippen molar-refractivity contribution in [2.24, 2.45) is 5.16 Å². The highest BCUT2D eigenvalue weighted by atomic mass is 16.4. The molecule has 0 fully saturated rings. The molecule has 1 aliphatic heterocycles. The second kappa shape index (κ2) is 4.92. The van der Waals surface area contributed by atoms with Gasteiger partial charge in [0.2, 0.25) is 0 Å². The zero-order valence-electron chi connectivity index (χ0n) is 11.5. The first-order valence-electron chi connectivity index (χ1n) is 6.61. The Morgan fingerprint density at radius 3 is 2.80 bits per heavy atom. The Hall–Kier alpha value is -2.43. The summed E-state index contributed by atoms with van der Waals surface area (Å²) >= 11 is 0. The monoisotopic (exact) mass is 271 g/mol. The van der Waals surface area contributed by atoms with Gasteiger partial charge in [0, 0.05) is 29.9 Å². The lowest BCUT2D eigenvalue weighted by Crippen LogP contribution is -2.25. The molecule has 5 heteroatoms. The van der Waals surface area contributed by atoms with E-state index in [1.807, 2.05) is 18.2 Å².